The lowest BCUT2D eigenvalue weighted by atomic mass is 10.1. The van der Waals surface area contributed by atoms with Crippen LogP contribution in [0.2, 0.25) is 0 Å². The number of nitriles is 5. The zero-order valence-corrected chi connectivity index (χ0v) is 79.4. The lowest BCUT2D eigenvalue weighted by molar-refractivity contribution is -0.116. The molecule has 28 nitrogen and oxygen atoms in total. The van der Waals surface area contributed by atoms with Gasteiger partial charge in [-0.05, 0) is 249 Å². The lowest BCUT2D eigenvalue weighted by Crippen LogP contribution is -2.17. The number of nitrogen functional groups attached to an aromatic ring is 1. The van der Waals surface area contributed by atoms with Crippen LogP contribution >= 0.6 is 0 Å². The topological polar surface area (TPSA) is 388 Å². The average molecular weight is 1840 g/mol. The van der Waals surface area contributed by atoms with E-state index in [-0.39, 0.29) is 35.5 Å². The third-order valence-corrected chi connectivity index (χ3v) is 22.7. The molecule has 0 atom stereocenters. The first-order valence-corrected chi connectivity index (χ1v) is 45.3. The highest BCUT2D eigenvalue weighted by molar-refractivity contribution is 6.04. The molecule has 0 fully saturated rings. The molecule has 16 rings (SSSR count). The quantitative estimate of drug-likeness (QED) is 0.0217. The number of fused-ring (bicyclic) bond motifs is 5. The molecule has 0 bridgehead atoms. The summed E-state index contributed by atoms with van der Waals surface area (Å²) in [6.45, 7) is 27.6. The number of nitrogens with two attached hydrogens (primary N) is 1. The number of hydrogen-bond acceptors (Lipinski definition) is 19. The van der Waals surface area contributed by atoms with E-state index in [1.807, 2.05) is 230 Å². The standard InChI is InChI=1S/C25H24N4O3.C23H25N3O3.C22H23N3O3.C22H23N3O2.C17H15N3O/c1-5-29-23-13-19(31-15(2)3)10-11-20(23)21(14-26)24(29)17-6-8-18(9-7-17)27-25(30)22-12-16(4)32-28-22;1-4-6-13-29-23(27)25-17-9-7-16(8-10-17)22-20(15-24)19-14-18(28-3)11-12-21(19)26(22)5-2;1-5-25-20-11-10-17(27-4)12-18(20)19(13-23)21(25)15-6-8-16(9-7-15)24-22(26)28-14(2)3;1-4-6-21(26)24-16-9-7-15(8-10-16)22-19(14-23)18-12-11-17(27-3)13-20(18)25(22)5-2;1-2-20-16-8-7-13(21)9-14(16)15(10-18)17(20)11-3-5-12(19)6-4-11/h6-13,15H,5H2,1-4H3,(H,27,30);7-12,14H,4-6,13H2,1-3H3,(H,25,27);6-12,14H,5H2,1-4H3,(H,24,26);7-13H,4-6H2,1-3H3,(H,24,26);3-9,21H,2,19H2,1H3. The van der Waals surface area contributed by atoms with Crippen molar-refractivity contribution in [1.82, 2.24) is 28.0 Å². The molecule has 0 saturated carbocycles. The highest BCUT2D eigenvalue weighted by atomic mass is 16.6. The molecule has 28 heteroatoms. The number of carbonyl (C=O) groups excluding carboxylic acids is 4. The first-order chi connectivity index (χ1) is 66.3. The van der Waals surface area contributed by atoms with Crippen molar-refractivity contribution < 1.29 is 57.2 Å². The largest absolute Gasteiger partial charge is 0.508 e. The molecule has 0 radical (unpaired) electrons. The number of hydrogen-bond donors (Lipinski definition) is 6. The minimum absolute atomic E-state index is 0.0118. The van der Waals surface area contributed by atoms with Crippen molar-refractivity contribution in [2.24, 2.45) is 0 Å². The fraction of sp³-hybridized carbons (Fsp3) is 0.248. The van der Waals surface area contributed by atoms with Crippen molar-refractivity contribution in [2.75, 3.05) is 54.9 Å². The molecule has 137 heavy (non-hydrogen) atoms. The molecule has 0 spiro atoms. The summed E-state index contributed by atoms with van der Waals surface area (Å²) < 4.78 is 47.6. The predicted molar refractivity (Wildman–Crippen MR) is 538 cm³/mol. The number of ether oxygens (including phenoxy) is 6. The number of aromatic hydroxyl groups is 1. The zero-order chi connectivity index (χ0) is 98.3. The molecule has 6 aromatic heterocycles. The lowest BCUT2D eigenvalue weighted by Gasteiger charge is -2.12. The Hall–Kier alpha value is -17.2. The Balaban J connectivity index is 0.000000155. The first-order valence-electron chi connectivity index (χ1n) is 45.3. The number of unbranched alkanes of at least 4 members (excludes halogenated alkanes) is 1. The molecule has 0 aliphatic rings. The normalized spacial score (nSPS) is 10.7. The maximum absolute atomic E-state index is 12.3. The van der Waals surface area contributed by atoms with Crippen molar-refractivity contribution in [1.29, 1.82) is 26.3 Å². The Morgan fingerprint density at radius 2 is 0.752 bits per heavy atom. The summed E-state index contributed by atoms with van der Waals surface area (Å²) in [7, 11) is 4.86. The Labute approximate surface area is 795 Å². The van der Waals surface area contributed by atoms with Gasteiger partial charge >= 0.3 is 12.2 Å². The summed E-state index contributed by atoms with van der Waals surface area (Å²) in [4.78, 5) is 47.7. The van der Waals surface area contributed by atoms with Gasteiger partial charge in [-0.1, -0.05) is 86.1 Å². The van der Waals surface area contributed by atoms with Crippen molar-refractivity contribution in [3.63, 3.8) is 0 Å². The third-order valence-electron chi connectivity index (χ3n) is 22.7. The highest BCUT2D eigenvalue weighted by Crippen LogP contribution is 2.43. The number of phenolic OH excluding ortho intramolecular Hbond substituents is 1. The van der Waals surface area contributed by atoms with Gasteiger partial charge in [0.1, 0.15) is 64.9 Å². The molecule has 0 unspecified atom stereocenters. The van der Waals surface area contributed by atoms with Gasteiger partial charge < -0.3 is 77.3 Å². The number of benzene rings is 10. The Morgan fingerprint density at radius 3 is 1.12 bits per heavy atom. The van der Waals surface area contributed by atoms with E-state index in [1.165, 1.54) is 0 Å². The van der Waals surface area contributed by atoms with Crippen LogP contribution in [0.25, 0.3) is 111 Å². The van der Waals surface area contributed by atoms with Crippen molar-refractivity contribution in [3.8, 4) is 115 Å². The number of anilines is 5. The van der Waals surface area contributed by atoms with Gasteiger partial charge in [-0.3, -0.25) is 20.2 Å². The molecule has 0 saturated heterocycles. The van der Waals surface area contributed by atoms with Crippen LogP contribution in [0.3, 0.4) is 0 Å². The first kappa shape index (κ1) is 98.9. The minimum atomic E-state index is -0.491. The number of carbonyl (C=O) groups is 4. The summed E-state index contributed by atoms with van der Waals surface area (Å²) >= 11 is 0. The number of nitrogens with zero attached hydrogens (tertiary/aromatic N) is 11. The van der Waals surface area contributed by atoms with Gasteiger partial charge in [-0.2, -0.15) is 26.3 Å². The summed E-state index contributed by atoms with van der Waals surface area (Å²) in [5, 5.41) is 77.8. The van der Waals surface area contributed by atoms with E-state index in [9.17, 15) is 50.6 Å². The predicted octanol–water partition coefficient (Wildman–Crippen LogP) is 24.7. The maximum Gasteiger partial charge on any atom is 0.411 e. The SMILES string of the molecule is CCCC(=O)Nc1ccc(-c2c(C#N)c3ccc(OC)cc3n2CC)cc1.CCCCOC(=O)Nc1ccc(-c2c(C#N)c3cc(OC)ccc3n2CC)cc1.CCn1c(-c2ccc(N)cc2)c(C#N)c2cc(O)ccc21.CCn1c(-c2ccc(NC(=O)OC(C)C)cc2)c(C#N)c2cc(OC)ccc21.CCn1c(-c2ccc(NC(=O)c3cc(C)on3)cc2)c(C#N)c2ccc(OC(C)C)cc21. The van der Waals surface area contributed by atoms with Crippen LogP contribution in [-0.2, 0) is 47.0 Å². The number of phenols is 1. The number of nitrogens with one attached hydrogen (secondary N) is 4. The van der Waals surface area contributed by atoms with Gasteiger partial charge in [0.15, 0.2) is 5.69 Å². The van der Waals surface area contributed by atoms with E-state index in [1.54, 1.807) is 72.4 Å². The van der Waals surface area contributed by atoms with E-state index in [2.05, 4.69) is 100 Å². The molecule has 4 amide bonds. The van der Waals surface area contributed by atoms with Crippen LogP contribution in [-0.4, -0.2) is 97.2 Å². The van der Waals surface area contributed by atoms with E-state index in [4.69, 9.17) is 38.7 Å². The van der Waals surface area contributed by atoms with Crippen LogP contribution in [0.4, 0.5) is 38.0 Å². The fourth-order valence-electron chi connectivity index (χ4n) is 16.5. The Bertz CT molecular complexity index is 7280. The van der Waals surface area contributed by atoms with Crippen molar-refractivity contribution >= 4 is 107 Å². The van der Waals surface area contributed by atoms with E-state index in [0.717, 1.165) is 179 Å². The molecule has 16 aromatic rings. The number of aryl methyl sites for hydroxylation is 6. The molecule has 7 N–H and O–H groups in total. The van der Waals surface area contributed by atoms with E-state index in [0.29, 0.717) is 81.6 Å². The zero-order valence-electron chi connectivity index (χ0n) is 79.4. The highest BCUT2D eigenvalue weighted by Gasteiger charge is 2.26. The second-order valence-electron chi connectivity index (χ2n) is 32.3. The third kappa shape index (κ3) is 22.4. The van der Waals surface area contributed by atoms with Crippen LogP contribution < -0.4 is 45.9 Å². The summed E-state index contributed by atoms with van der Waals surface area (Å²) in [5.41, 5.74) is 26.1. The molecule has 10 aromatic carbocycles. The van der Waals surface area contributed by atoms with Gasteiger partial charge in [-0.15, -0.1) is 0 Å². The van der Waals surface area contributed by atoms with Crippen LogP contribution in [0, 0.1) is 63.6 Å². The Kier molecular flexibility index (Phi) is 33.0. The average Bonchev–Trinajstić information content (AvgIpc) is 1.64. The van der Waals surface area contributed by atoms with Gasteiger partial charge in [0, 0.05) is 113 Å². The van der Waals surface area contributed by atoms with Crippen LogP contribution in [0.5, 0.6) is 28.7 Å². The maximum atomic E-state index is 12.3. The number of amides is 4. The van der Waals surface area contributed by atoms with E-state index < -0.39 is 12.2 Å². The Morgan fingerprint density at radius 1 is 0.401 bits per heavy atom. The second-order valence-corrected chi connectivity index (χ2v) is 32.3. The monoisotopic (exact) mass is 1830 g/mol. The molecule has 698 valence electrons. The van der Waals surface area contributed by atoms with Crippen LogP contribution in [0.1, 0.15) is 146 Å². The molecular weight excluding hydrogens is 1730 g/mol. The number of aromatic nitrogens is 6. The van der Waals surface area contributed by atoms with Gasteiger partial charge in [0.25, 0.3) is 5.91 Å². The fourth-order valence-corrected chi connectivity index (χ4v) is 16.5. The molecule has 6 heterocycles. The summed E-state index contributed by atoms with van der Waals surface area (Å²) in [6, 6.07) is 78.9. The summed E-state index contributed by atoms with van der Waals surface area (Å²) in [5.74, 6) is 3.38. The molecular formula is C109H110N16O12. The van der Waals surface area contributed by atoms with Crippen LogP contribution in [0.15, 0.2) is 223 Å². The summed E-state index contributed by atoms with van der Waals surface area (Å²) in [6.07, 6.45) is 2.07. The second kappa shape index (κ2) is 45.8. The van der Waals surface area contributed by atoms with Crippen molar-refractivity contribution in [3.05, 3.63) is 258 Å². The van der Waals surface area contributed by atoms with Crippen molar-refractivity contribution in [2.45, 2.75) is 154 Å². The molecule has 0 aliphatic heterocycles. The smallest absolute Gasteiger partial charge is 0.411 e. The number of rotatable bonds is 26. The van der Waals surface area contributed by atoms with Gasteiger partial charge in [0.2, 0.25) is 5.91 Å². The van der Waals surface area contributed by atoms with E-state index >= 15 is 0 Å². The minimum Gasteiger partial charge on any atom is -0.508 e. The van der Waals surface area contributed by atoms with Gasteiger partial charge in [-0.25, -0.2) is 9.59 Å². The number of methoxy groups -OCH3 is 3. The molecule has 0 aliphatic carbocycles. The van der Waals surface area contributed by atoms with Gasteiger partial charge in [0.05, 0.1) is 124 Å².